The van der Waals surface area contributed by atoms with E-state index >= 15 is 0 Å². The zero-order chi connectivity index (χ0) is 23.3. The molecule has 0 spiro atoms. The molecule has 3 rings (SSSR count). The van der Waals surface area contributed by atoms with E-state index < -0.39 is 6.09 Å². The molecule has 2 N–H and O–H groups in total. The molecule has 172 valence electrons. The van der Waals surface area contributed by atoms with E-state index in [4.69, 9.17) is 14.2 Å². The zero-order valence-electron chi connectivity index (χ0n) is 18.5. The van der Waals surface area contributed by atoms with Crippen LogP contribution in [0.2, 0.25) is 0 Å². The van der Waals surface area contributed by atoms with E-state index in [1.807, 2.05) is 54.6 Å². The Morgan fingerprint density at radius 2 is 1.73 bits per heavy atom. The predicted octanol–water partition coefficient (Wildman–Crippen LogP) is 4.21. The van der Waals surface area contributed by atoms with Crippen molar-refractivity contribution in [1.29, 1.82) is 0 Å². The van der Waals surface area contributed by atoms with Gasteiger partial charge in [0, 0.05) is 37.8 Å². The average molecular weight is 450 g/mol. The second kappa shape index (κ2) is 12.7. The maximum Gasteiger partial charge on any atom is 0.407 e. The highest BCUT2D eigenvalue weighted by molar-refractivity contribution is 5.76. The van der Waals surface area contributed by atoms with Gasteiger partial charge in [0.1, 0.15) is 18.1 Å². The maximum absolute atomic E-state index is 12.0. The molecule has 0 aliphatic heterocycles. The Labute approximate surface area is 192 Å². The molecule has 0 radical (unpaired) electrons. The zero-order valence-corrected chi connectivity index (χ0v) is 18.5. The van der Waals surface area contributed by atoms with Crippen molar-refractivity contribution in [1.82, 2.24) is 15.6 Å². The van der Waals surface area contributed by atoms with E-state index in [1.54, 1.807) is 25.4 Å². The molecular weight excluding hydrogens is 422 g/mol. The highest BCUT2D eigenvalue weighted by atomic mass is 16.5. The van der Waals surface area contributed by atoms with Gasteiger partial charge in [0.2, 0.25) is 11.8 Å². The number of benzene rings is 2. The van der Waals surface area contributed by atoms with Crippen molar-refractivity contribution < 1.29 is 23.8 Å². The summed E-state index contributed by atoms with van der Waals surface area (Å²) in [5.74, 6) is 1.67. The number of amides is 2. The summed E-state index contributed by atoms with van der Waals surface area (Å²) in [5.41, 5.74) is 1.77. The number of carbonyl (C=O) groups is 2. The normalized spacial score (nSPS) is 10.2. The van der Waals surface area contributed by atoms with Crippen molar-refractivity contribution in [3.63, 3.8) is 0 Å². The van der Waals surface area contributed by atoms with Crippen molar-refractivity contribution in [2.24, 2.45) is 0 Å². The van der Waals surface area contributed by atoms with E-state index in [2.05, 4.69) is 15.6 Å². The number of rotatable bonds is 11. The van der Waals surface area contributed by atoms with Gasteiger partial charge in [-0.05, 0) is 29.7 Å². The number of ether oxygens (including phenoxy) is 3. The number of methoxy groups -OCH3 is 1. The van der Waals surface area contributed by atoms with Crippen molar-refractivity contribution in [3.8, 4) is 17.4 Å². The van der Waals surface area contributed by atoms with Crippen LogP contribution in [-0.2, 0) is 22.7 Å². The molecule has 0 atom stereocenters. The Bertz CT molecular complexity index is 1030. The average Bonchev–Trinajstić information content (AvgIpc) is 2.85. The minimum Gasteiger partial charge on any atom is -0.497 e. The quantitative estimate of drug-likeness (QED) is 0.426. The predicted molar refractivity (Wildman–Crippen MR) is 123 cm³/mol. The lowest BCUT2D eigenvalue weighted by molar-refractivity contribution is -0.121. The molecule has 1 heterocycles. The third-order valence-corrected chi connectivity index (χ3v) is 4.61. The van der Waals surface area contributed by atoms with Gasteiger partial charge in [0.25, 0.3) is 0 Å². The van der Waals surface area contributed by atoms with Gasteiger partial charge < -0.3 is 24.8 Å². The van der Waals surface area contributed by atoms with Gasteiger partial charge >= 0.3 is 6.09 Å². The molecule has 0 aliphatic carbocycles. The number of alkyl carbamates (subject to hydrolysis) is 1. The monoisotopic (exact) mass is 449 g/mol. The number of hydrogen-bond acceptors (Lipinski definition) is 6. The van der Waals surface area contributed by atoms with Crippen LogP contribution in [0.25, 0.3) is 0 Å². The molecule has 0 fully saturated rings. The van der Waals surface area contributed by atoms with E-state index in [1.165, 1.54) is 0 Å². The smallest absolute Gasteiger partial charge is 0.407 e. The first-order chi connectivity index (χ1) is 16.1. The third-order valence-electron chi connectivity index (χ3n) is 4.61. The molecule has 0 aliphatic rings. The third kappa shape index (κ3) is 8.53. The molecule has 33 heavy (non-hydrogen) atoms. The molecule has 0 saturated heterocycles. The van der Waals surface area contributed by atoms with Crippen LogP contribution in [0.5, 0.6) is 17.4 Å². The second-order valence-electron chi connectivity index (χ2n) is 7.15. The van der Waals surface area contributed by atoms with Crippen LogP contribution in [0.3, 0.4) is 0 Å². The molecule has 2 aromatic carbocycles. The van der Waals surface area contributed by atoms with Crippen LogP contribution in [0.4, 0.5) is 4.79 Å². The van der Waals surface area contributed by atoms with Crippen LogP contribution >= 0.6 is 0 Å². The van der Waals surface area contributed by atoms with Gasteiger partial charge in [0.05, 0.1) is 7.11 Å². The minimum atomic E-state index is -0.499. The molecule has 0 saturated carbocycles. The topological polar surface area (TPSA) is 98.8 Å². The van der Waals surface area contributed by atoms with Gasteiger partial charge in [-0.25, -0.2) is 9.78 Å². The van der Waals surface area contributed by atoms with Crippen LogP contribution in [0, 0.1) is 0 Å². The molecule has 0 unspecified atom stereocenters. The van der Waals surface area contributed by atoms with Gasteiger partial charge in [-0.15, -0.1) is 0 Å². The highest BCUT2D eigenvalue weighted by Crippen LogP contribution is 2.23. The van der Waals surface area contributed by atoms with Gasteiger partial charge in [0.15, 0.2) is 0 Å². The number of pyridine rings is 1. The van der Waals surface area contributed by atoms with Gasteiger partial charge in [-0.3, -0.25) is 4.79 Å². The summed E-state index contributed by atoms with van der Waals surface area (Å²) >= 11 is 0. The molecule has 0 bridgehead atoms. The van der Waals surface area contributed by atoms with E-state index in [0.717, 1.165) is 11.1 Å². The lowest BCUT2D eigenvalue weighted by atomic mass is 10.2. The Hall–Kier alpha value is -4.07. The summed E-state index contributed by atoms with van der Waals surface area (Å²) in [6.07, 6.45) is 1.96. The highest BCUT2D eigenvalue weighted by Gasteiger charge is 2.06. The first-order valence-electron chi connectivity index (χ1n) is 10.6. The van der Waals surface area contributed by atoms with Gasteiger partial charge in [-0.2, -0.15) is 0 Å². The molecule has 8 nitrogen and oxygen atoms in total. The van der Waals surface area contributed by atoms with Crippen molar-refractivity contribution in [2.75, 3.05) is 13.7 Å². The number of nitrogens with zero attached hydrogens (tertiary/aromatic N) is 1. The molecule has 1 aromatic heterocycles. The number of nitrogens with one attached hydrogen (secondary N) is 2. The Morgan fingerprint density at radius 1 is 0.909 bits per heavy atom. The molecular formula is C25H27N3O5. The van der Waals surface area contributed by atoms with E-state index in [0.29, 0.717) is 43.3 Å². The summed E-state index contributed by atoms with van der Waals surface area (Å²) in [5, 5.41) is 5.48. The number of carbonyl (C=O) groups excluding carboxylic acids is 2. The SMILES string of the molecule is COc1cccc(Oc2ccc(CNC(=O)CCCNC(=O)OCc3ccccc3)cn2)c1. The molecule has 2 amide bonds. The van der Waals surface area contributed by atoms with Gasteiger partial charge in [-0.1, -0.05) is 42.5 Å². The number of aromatic nitrogens is 1. The number of hydrogen-bond donors (Lipinski definition) is 2. The van der Waals surface area contributed by atoms with Crippen LogP contribution in [0.1, 0.15) is 24.0 Å². The fourth-order valence-electron chi connectivity index (χ4n) is 2.86. The summed E-state index contributed by atoms with van der Waals surface area (Å²) < 4.78 is 16.0. The summed E-state index contributed by atoms with van der Waals surface area (Å²) in [7, 11) is 1.60. The molecule has 3 aromatic rings. The van der Waals surface area contributed by atoms with Crippen molar-refractivity contribution >= 4 is 12.0 Å². The summed E-state index contributed by atoms with van der Waals surface area (Å²) in [4.78, 5) is 28.0. The summed E-state index contributed by atoms with van der Waals surface area (Å²) in [6, 6.07) is 20.3. The fourth-order valence-corrected chi connectivity index (χ4v) is 2.86. The van der Waals surface area contributed by atoms with Crippen molar-refractivity contribution in [2.45, 2.75) is 26.0 Å². The van der Waals surface area contributed by atoms with E-state index in [9.17, 15) is 9.59 Å². The van der Waals surface area contributed by atoms with Crippen LogP contribution < -0.4 is 20.1 Å². The Kier molecular flexibility index (Phi) is 9.08. The fraction of sp³-hybridized carbons (Fsp3) is 0.240. The van der Waals surface area contributed by atoms with Crippen LogP contribution in [0.15, 0.2) is 72.9 Å². The van der Waals surface area contributed by atoms with E-state index in [-0.39, 0.29) is 12.5 Å². The maximum atomic E-state index is 12.0. The lowest BCUT2D eigenvalue weighted by Gasteiger charge is -2.09. The van der Waals surface area contributed by atoms with Crippen molar-refractivity contribution in [3.05, 3.63) is 84.1 Å². The lowest BCUT2D eigenvalue weighted by Crippen LogP contribution is -2.27. The van der Waals surface area contributed by atoms with Crippen LogP contribution in [-0.4, -0.2) is 30.6 Å². The first kappa shape index (κ1) is 23.6. The standard InChI is InChI=1S/C25H27N3O5/c1-31-21-9-5-10-22(15-21)33-24-13-12-20(17-28-24)16-27-23(29)11-6-14-26-25(30)32-18-19-7-3-2-4-8-19/h2-5,7-10,12-13,15,17H,6,11,14,16,18H2,1H3,(H,26,30)(H,27,29). The Morgan fingerprint density at radius 3 is 2.48 bits per heavy atom. The largest absolute Gasteiger partial charge is 0.497 e. The summed E-state index contributed by atoms with van der Waals surface area (Å²) in [6.45, 7) is 0.932. The second-order valence-corrected chi connectivity index (χ2v) is 7.15. The first-order valence-corrected chi connectivity index (χ1v) is 10.6. The minimum absolute atomic E-state index is 0.105. The Balaban J connectivity index is 1.29. The molecule has 8 heteroatoms.